The number of carbonyl (C=O) groups excluding carboxylic acids is 1. The van der Waals surface area contributed by atoms with Gasteiger partial charge in [-0.25, -0.2) is 0 Å². The van der Waals surface area contributed by atoms with Crippen molar-refractivity contribution < 1.29 is 14.7 Å². The Hall–Kier alpha value is -1.92. The van der Waals surface area contributed by atoms with Crippen molar-refractivity contribution in [2.45, 2.75) is 32.2 Å². The number of aliphatic carboxylic acids is 1. The van der Waals surface area contributed by atoms with Gasteiger partial charge in [0.15, 0.2) is 0 Å². The molecule has 0 radical (unpaired) electrons. The molecular formula is C12H18N4O3. The highest BCUT2D eigenvalue weighted by molar-refractivity contribution is 5.80. The van der Waals surface area contributed by atoms with Crippen LogP contribution < -0.4 is 5.32 Å². The van der Waals surface area contributed by atoms with Crippen molar-refractivity contribution in [3.05, 3.63) is 12.4 Å². The molecule has 7 nitrogen and oxygen atoms in total. The van der Waals surface area contributed by atoms with Gasteiger partial charge in [0, 0.05) is 18.7 Å². The topological polar surface area (TPSA) is 97.1 Å². The summed E-state index contributed by atoms with van der Waals surface area (Å²) in [5.74, 6) is -1.39. The molecule has 1 aliphatic carbocycles. The molecule has 1 saturated carbocycles. The second kappa shape index (κ2) is 6.31. The molecule has 0 bridgehead atoms. The van der Waals surface area contributed by atoms with E-state index in [1.54, 1.807) is 17.1 Å². The summed E-state index contributed by atoms with van der Waals surface area (Å²) in [4.78, 5) is 22.9. The molecule has 1 amide bonds. The third-order valence-corrected chi connectivity index (χ3v) is 3.51. The Bertz CT molecular complexity index is 432. The van der Waals surface area contributed by atoms with E-state index in [4.69, 9.17) is 5.11 Å². The van der Waals surface area contributed by atoms with Gasteiger partial charge in [-0.3, -0.25) is 14.3 Å². The molecule has 2 N–H and O–H groups in total. The highest BCUT2D eigenvalue weighted by Gasteiger charge is 2.30. The molecule has 0 aliphatic heterocycles. The smallest absolute Gasteiger partial charge is 0.306 e. The third-order valence-electron chi connectivity index (χ3n) is 3.51. The molecule has 0 spiro atoms. The number of nitrogens with zero attached hydrogens (tertiary/aromatic N) is 3. The Morgan fingerprint density at radius 1 is 1.37 bits per heavy atom. The van der Waals surface area contributed by atoms with Gasteiger partial charge in [-0.15, -0.1) is 5.10 Å². The van der Waals surface area contributed by atoms with E-state index in [9.17, 15) is 9.59 Å². The third kappa shape index (κ3) is 3.77. The van der Waals surface area contributed by atoms with Crippen LogP contribution in [0.5, 0.6) is 0 Å². The Kier molecular flexibility index (Phi) is 4.48. The maximum absolute atomic E-state index is 11.9. The van der Waals surface area contributed by atoms with E-state index in [1.165, 1.54) is 0 Å². The van der Waals surface area contributed by atoms with Crippen LogP contribution in [0.1, 0.15) is 25.7 Å². The van der Waals surface area contributed by atoms with Crippen LogP contribution in [0.25, 0.3) is 0 Å². The monoisotopic (exact) mass is 266 g/mol. The first kappa shape index (κ1) is 13.5. The average molecular weight is 266 g/mol. The van der Waals surface area contributed by atoms with Crippen molar-refractivity contribution in [2.75, 3.05) is 6.54 Å². The summed E-state index contributed by atoms with van der Waals surface area (Å²) in [5, 5.41) is 19.3. The van der Waals surface area contributed by atoms with Crippen molar-refractivity contribution in [3.63, 3.8) is 0 Å². The Labute approximate surface area is 111 Å². The van der Waals surface area contributed by atoms with E-state index in [-0.39, 0.29) is 17.7 Å². The van der Waals surface area contributed by atoms with Crippen LogP contribution in [0.4, 0.5) is 0 Å². The Morgan fingerprint density at radius 3 is 2.84 bits per heavy atom. The molecule has 1 heterocycles. The maximum Gasteiger partial charge on any atom is 0.306 e. The minimum absolute atomic E-state index is 0.0499. The lowest BCUT2D eigenvalue weighted by atomic mass is 9.81. The van der Waals surface area contributed by atoms with Crippen molar-refractivity contribution >= 4 is 11.9 Å². The number of rotatable bonds is 5. The molecule has 1 aromatic rings. The second-order valence-corrected chi connectivity index (χ2v) is 4.86. The summed E-state index contributed by atoms with van der Waals surface area (Å²) in [7, 11) is 0. The lowest BCUT2D eigenvalue weighted by molar-refractivity contribution is -0.144. The van der Waals surface area contributed by atoms with E-state index in [0.717, 1.165) is 12.8 Å². The van der Waals surface area contributed by atoms with Crippen LogP contribution in [0.15, 0.2) is 12.4 Å². The lowest BCUT2D eigenvalue weighted by Gasteiger charge is -2.25. The fourth-order valence-corrected chi connectivity index (χ4v) is 2.44. The van der Waals surface area contributed by atoms with Crippen LogP contribution in [-0.2, 0) is 16.1 Å². The van der Waals surface area contributed by atoms with E-state index < -0.39 is 5.97 Å². The number of amides is 1. The van der Waals surface area contributed by atoms with Gasteiger partial charge >= 0.3 is 5.97 Å². The summed E-state index contributed by atoms with van der Waals surface area (Å²) in [6.07, 6.45) is 6.02. The zero-order valence-corrected chi connectivity index (χ0v) is 10.7. The molecule has 2 unspecified atom stereocenters. The second-order valence-electron chi connectivity index (χ2n) is 4.86. The van der Waals surface area contributed by atoms with Gasteiger partial charge in [0.1, 0.15) is 0 Å². The molecule has 1 aromatic heterocycles. The molecule has 0 aromatic carbocycles. The molecule has 7 heteroatoms. The first-order chi connectivity index (χ1) is 9.16. The van der Waals surface area contributed by atoms with E-state index in [1.807, 2.05) is 0 Å². The van der Waals surface area contributed by atoms with E-state index >= 15 is 0 Å². The zero-order chi connectivity index (χ0) is 13.7. The van der Waals surface area contributed by atoms with Crippen molar-refractivity contribution in [2.24, 2.45) is 11.8 Å². The fraction of sp³-hybridized carbons (Fsp3) is 0.667. The Balaban J connectivity index is 1.74. The van der Waals surface area contributed by atoms with Crippen molar-refractivity contribution in [1.29, 1.82) is 0 Å². The summed E-state index contributed by atoms with van der Waals surface area (Å²) in [5.41, 5.74) is 0. The van der Waals surface area contributed by atoms with Gasteiger partial charge in [-0.2, -0.15) is 0 Å². The minimum atomic E-state index is -0.792. The van der Waals surface area contributed by atoms with Crippen LogP contribution in [0, 0.1) is 11.8 Å². The summed E-state index contributed by atoms with van der Waals surface area (Å²) < 4.78 is 1.64. The maximum atomic E-state index is 11.9. The quantitative estimate of drug-likeness (QED) is 0.798. The van der Waals surface area contributed by atoms with Crippen LogP contribution in [-0.4, -0.2) is 38.5 Å². The number of aromatic nitrogens is 3. The number of carboxylic acids is 1. The molecule has 2 rings (SSSR count). The molecule has 0 saturated heterocycles. The average Bonchev–Trinajstić information content (AvgIpc) is 2.92. The van der Waals surface area contributed by atoms with Gasteiger partial charge in [-0.05, 0) is 19.3 Å². The van der Waals surface area contributed by atoms with Gasteiger partial charge in [0.25, 0.3) is 0 Å². The van der Waals surface area contributed by atoms with Crippen LogP contribution >= 0.6 is 0 Å². The standard InChI is InChI=1S/C12H18N4O3/c17-11(13-4-6-16-7-5-14-15-16)9-2-1-3-10(8-9)12(18)19/h5,7,9-10H,1-4,6,8H2,(H,13,17)(H,18,19). The lowest BCUT2D eigenvalue weighted by Crippen LogP contribution is -2.36. The number of carbonyl (C=O) groups is 2. The molecule has 1 fully saturated rings. The SMILES string of the molecule is O=C(O)C1CCCC(C(=O)NCCn2ccnn2)C1. The number of hydrogen-bond donors (Lipinski definition) is 2. The fourth-order valence-electron chi connectivity index (χ4n) is 2.44. The molecule has 1 aliphatic rings. The van der Waals surface area contributed by atoms with Gasteiger partial charge < -0.3 is 10.4 Å². The largest absolute Gasteiger partial charge is 0.481 e. The normalized spacial score (nSPS) is 22.9. The molecule has 2 atom stereocenters. The number of nitrogens with one attached hydrogen (secondary N) is 1. The van der Waals surface area contributed by atoms with Crippen LogP contribution in [0.3, 0.4) is 0 Å². The predicted octanol–water partition coefficient (Wildman–Crippen LogP) is 0.285. The van der Waals surface area contributed by atoms with Gasteiger partial charge in [-0.1, -0.05) is 11.6 Å². The van der Waals surface area contributed by atoms with Gasteiger partial charge in [0.05, 0.1) is 18.7 Å². The number of carboxylic acid groups (broad SMARTS) is 1. The molecular weight excluding hydrogens is 248 g/mol. The molecule has 19 heavy (non-hydrogen) atoms. The number of hydrogen-bond acceptors (Lipinski definition) is 4. The summed E-state index contributed by atoms with van der Waals surface area (Å²) >= 11 is 0. The van der Waals surface area contributed by atoms with E-state index in [2.05, 4.69) is 15.6 Å². The minimum Gasteiger partial charge on any atom is -0.481 e. The summed E-state index contributed by atoms with van der Waals surface area (Å²) in [6.45, 7) is 1.05. The highest BCUT2D eigenvalue weighted by atomic mass is 16.4. The van der Waals surface area contributed by atoms with Gasteiger partial charge in [0.2, 0.25) is 5.91 Å². The molecule has 104 valence electrons. The predicted molar refractivity (Wildman–Crippen MR) is 66.1 cm³/mol. The van der Waals surface area contributed by atoms with Crippen LogP contribution in [0.2, 0.25) is 0 Å². The van der Waals surface area contributed by atoms with Crippen molar-refractivity contribution in [3.8, 4) is 0 Å². The highest BCUT2D eigenvalue weighted by Crippen LogP contribution is 2.29. The first-order valence-corrected chi connectivity index (χ1v) is 6.51. The first-order valence-electron chi connectivity index (χ1n) is 6.51. The Morgan fingerprint density at radius 2 is 2.16 bits per heavy atom. The van der Waals surface area contributed by atoms with Crippen molar-refractivity contribution in [1.82, 2.24) is 20.3 Å². The van der Waals surface area contributed by atoms with E-state index in [0.29, 0.717) is 25.9 Å². The zero-order valence-electron chi connectivity index (χ0n) is 10.7. The summed E-state index contributed by atoms with van der Waals surface area (Å²) in [6, 6.07) is 0.